The fourth-order valence-electron chi connectivity index (χ4n) is 2.43. The van der Waals surface area contributed by atoms with Gasteiger partial charge in [-0.15, -0.1) is 0 Å². The number of ether oxygens (including phenoxy) is 2. The molecule has 0 aromatic heterocycles. The minimum absolute atomic E-state index is 0.105. The van der Waals surface area contributed by atoms with Gasteiger partial charge < -0.3 is 14.8 Å². The summed E-state index contributed by atoms with van der Waals surface area (Å²) >= 11 is 0. The molecule has 1 rings (SSSR count). The lowest BCUT2D eigenvalue weighted by Crippen LogP contribution is -2.43. The number of rotatable bonds is 8. The van der Waals surface area contributed by atoms with Crippen molar-refractivity contribution in [3.05, 3.63) is 0 Å². The second-order valence-electron chi connectivity index (χ2n) is 5.80. The smallest absolute Gasteiger partial charge is 0.0639 e. The van der Waals surface area contributed by atoms with Crippen molar-refractivity contribution in [3.63, 3.8) is 0 Å². The third kappa shape index (κ3) is 7.02. The van der Waals surface area contributed by atoms with Crippen LogP contribution in [-0.4, -0.2) is 39.0 Å². The molecule has 1 N–H and O–H groups in total. The maximum absolute atomic E-state index is 5.37. The van der Waals surface area contributed by atoms with Crippen LogP contribution < -0.4 is 5.32 Å². The van der Waals surface area contributed by atoms with Gasteiger partial charge in [-0.25, -0.2) is 0 Å². The Labute approximate surface area is 106 Å². The first kappa shape index (κ1) is 14.9. The zero-order valence-electron chi connectivity index (χ0n) is 11.8. The van der Waals surface area contributed by atoms with Crippen LogP contribution in [0.25, 0.3) is 0 Å². The van der Waals surface area contributed by atoms with E-state index >= 15 is 0 Å². The second kappa shape index (κ2) is 8.06. The van der Waals surface area contributed by atoms with Crippen molar-refractivity contribution in [1.29, 1.82) is 0 Å². The van der Waals surface area contributed by atoms with Crippen LogP contribution in [0.5, 0.6) is 0 Å². The first-order chi connectivity index (χ1) is 8.14. The van der Waals surface area contributed by atoms with Gasteiger partial charge in [0.15, 0.2) is 0 Å². The van der Waals surface area contributed by atoms with E-state index in [1.54, 1.807) is 7.11 Å². The van der Waals surface area contributed by atoms with E-state index in [-0.39, 0.29) is 5.54 Å². The van der Waals surface area contributed by atoms with Crippen LogP contribution in [0.3, 0.4) is 0 Å². The highest BCUT2D eigenvalue weighted by molar-refractivity contribution is 4.76. The van der Waals surface area contributed by atoms with Gasteiger partial charge >= 0.3 is 0 Å². The first-order valence-corrected chi connectivity index (χ1v) is 6.96. The van der Waals surface area contributed by atoms with E-state index in [2.05, 4.69) is 19.2 Å². The number of unbranched alkanes of at least 4 members (excludes halogenated alkanes) is 1. The van der Waals surface area contributed by atoms with Gasteiger partial charge in [0, 0.05) is 25.9 Å². The van der Waals surface area contributed by atoms with Crippen molar-refractivity contribution < 1.29 is 9.47 Å². The Balaban J connectivity index is 1.96. The zero-order chi connectivity index (χ0) is 12.6. The predicted octanol–water partition coefficient (Wildman–Crippen LogP) is 2.60. The number of hydrogen-bond acceptors (Lipinski definition) is 3. The fourth-order valence-corrected chi connectivity index (χ4v) is 2.43. The minimum atomic E-state index is 0.105. The summed E-state index contributed by atoms with van der Waals surface area (Å²) < 4.78 is 10.6. The van der Waals surface area contributed by atoms with E-state index < -0.39 is 0 Å². The molecule has 1 heterocycles. The molecule has 102 valence electrons. The fraction of sp³-hybridized carbons (Fsp3) is 1.00. The highest BCUT2D eigenvalue weighted by Crippen LogP contribution is 2.20. The molecule has 1 aliphatic rings. The third-order valence-corrected chi connectivity index (χ3v) is 3.49. The van der Waals surface area contributed by atoms with Gasteiger partial charge in [0.1, 0.15) is 0 Å². The Morgan fingerprint density at radius 1 is 1.24 bits per heavy atom. The van der Waals surface area contributed by atoms with Crippen LogP contribution in [0.15, 0.2) is 0 Å². The quantitative estimate of drug-likeness (QED) is 0.665. The van der Waals surface area contributed by atoms with E-state index in [4.69, 9.17) is 9.47 Å². The highest BCUT2D eigenvalue weighted by Gasteiger charge is 2.16. The normalized spacial score (nSPS) is 18.5. The van der Waals surface area contributed by atoms with Crippen LogP contribution in [0.4, 0.5) is 0 Å². The van der Waals surface area contributed by atoms with Crippen molar-refractivity contribution in [2.45, 2.75) is 51.5 Å². The van der Waals surface area contributed by atoms with Crippen LogP contribution in [0.1, 0.15) is 46.0 Å². The number of nitrogens with one attached hydrogen (secondary N) is 1. The van der Waals surface area contributed by atoms with Gasteiger partial charge in [0.25, 0.3) is 0 Å². The number of hydrogen-bond donors (Lipinski definition) is 1. The molecule has 1 aliphatic heterocycles. The number of methoxy groups -OCH3 is 1. The summed E-state index contributed by atoms with van der Waals surface area (Å²) in [7, 11) is 1.76. The molecule has 3 heteroatoms. The van der Waals surface area contributed by atoms with Crippen molar-refractivity contribution in [2.75, 3.05) is 33.5 Å². The van der Waals surface area contributed by atoms with Crippen LogP contribution in [0.2, 0.25) is 0 Å². The summed E-state index contributed by atoms with van der Waals surface area (Å²) in [6.07, 6.45) is 6.51. The molecule has 0 radical (unpaired) electrons. The molecule has 0 spiro atoms. The average Bonchev–Trinajstić information content (AvgIpc) is 2.30. The van der Waals surface area contributed by atoms with Crippen molar-refractivity contribution in [3.8, 4) is 0 Å². The minimum Gasteiger partial charge on any atom is -0.383 e. The molecule has 0 aliphatic carbocycles. The van der Waals surface area contributed by atoms with Crippen LogP contribution in [-0.2, 0) is 9.47 Å². The zero-order valence-corrected chi connectivity index (χ0v) is 11.8. The molecule has 0 atom stereocenters. The molecular formula is C14H29NO2. The van der Waals surface area contributed by atoms with E-state index in [0.29, 0.717) is 0 Å². The summed E-state index contributed by atoms with van der Waals surface area (Å²) in [4.78, 5) is 0. The molecular weight excluding hydrogens is 214 g/mol. The monoisotopic (exact) mass is 243 g/mol. The molecule has 0 saturated carbocycles. The molecule has 0 unspecified atom stereocenters. The average molecular weight is 243 g/mol. The first-order valence-electron chi connectivity index (χ1n) is 6.96. The van der Waals surface area contributed by atoms with Gasteiger partial charge in [-0.3, -0.25) is 0 Å². The Morgan fingerprint density at radius 2 is 1.94 bits per heavy atom. The van der Waals surface area contributed by atoms with Crippen LogP contribution in [0, 0.1) is 5.92 Å². The van der Waals surface area contributed by atoms with Crippen LogP contribution >= 0.6 is 0 Å². The van der Waals surface area contributed by atoms with E-state index in [1.807, 2.05) is 0 Å². The Hall–Kier alpha value is -0.120. The molecule has 1 fully saturated rings. The summed E-state index contributed by atoms with van der Waals surface area (Å²) in [5, 5.41) is 3.55. The lowest BCUT2D eigenvalue weighted by Gasteiger charge is -2.26. The lowest BCUT2D eigenvalue weighted by atomic mass is 9.94. The Morgan fingerprint density at radius 3 is 2.59 bits per heavy atom. The van der Waals surface area contributed by atoms with Gasteiger partial charge in [-0.1, -0.05) is 12.8 Å². The SMILES string of the molecule is COCC(C)(C)NCCCCC1CCOCC1. The summed E-state index contributed by atoms with van der Waals surface area (Å²) in [6.45, 7) is 8.20. The lowest BCUT2D eigenvalue weighted by molar-refractivity contribution is 0.0630. The maximum atomic E-state index is 5.37. The Bertz CT molecular complexity index is 189. The summed E-state index contributed by atoms with van der Waals surface area (Å²) in [5.74, 6) is 0.913. The van der Waals surface area contributed by atoms with E-state index in [0.717, 1.165) is 32.3 Å². The van der Waals surface area contributed by atoms with Crippen molar-refractivity contribution >= 4 is 0 Å². The summed E-state index contributed by atoms with van der Waals surface area (Å²) in [6, 6.07) is 0. The van der Waals surface area contributed by atoms with Crippen molar-refractivity contribution in [2.24, 2.45) is 5.92 Å². The molecule has 1 saturated heterocycles. The molecule has 0 aromatic rings. The summed E-state index contributed by atoms with van der Waals surface area (Å²) in [5.41, 5.74) is 0.105. The topological polar surface area (TPSA) is 30.5 Å². The Kier molecular flexibility index (Phi) is 7.09. The van der Waals surface area contributed by atoms with Crippen molar-refractivity contribution in [1.82, 2.24) is 5.32 Å². The standard InChI is InChI=1S/C14H29NO2/c1-14(2,12-16-3)15-9-5-4-6-13-7-10-17-11-8-13/h13,15H,4-12H2,1-3H3. The molecule has 0 amide bonds. The second-order valence-corrected chi connectivity index (χ2v) is 5.80. The largest absolute Gasteiger partial charge is 0.383 e. The van der Waals surface area contributed by atoms with Gasteiger partial charge in [0.2, 0.25) is 0 Å². The van der Waals surface area contributed by atoms with Gasteiger partial charge in [0.05, 0.1) is 6.61 Å². The third-order valence-electron chi connectivity index (χ3n) is 3.49. The van der Waals surface area contributed by atoms with Gasteiger partial charge in [-0.2, -0.15) is 0 Å². The van der Waals surface area contributed by atoms with E-state index in [1.165, 1.54) is 32.1 Å². The maximum Gasteiger partial charge on any atom is 0.0639 e. The molecule has 3 nitrogen and oxygen atoms in total. The molecule has 0 bridgehead atoms. The predicted molar refractivity (Wildman–Crippen MR) is 71.4 cm³/mol. The van der Waals surface area contributed by atoms with Gasteiger partial charge in [-0.05, 0) is 45.6 Å². The molecule has 0 aromatic carbocycles. The van der Waals surface area contributed by atoms with E-state index in [9.17, 15) is 0 Å². The highest BCUT2D eigenvalue weighted by atomic mass is 16.5. The molecule has 17 heavy (non-hydrogen) atoms.